The molecule has 0 fully saturated rings. The molecule has 3 rings (SSSR count). The maximum Gasteiger partial charge on any atom is 0.119 e. The van der Waals surface area contributed by atoms with Crippen molar-refractivity contribution in [2.45, 2.75) is 25.4 Å². The van der Waals surface area contributed by atoms with Gasteiger partial charge in [0.25, 0.3) is 0 Å². The van der Waals surface area contributed by atoms with Gasteiger partial charge in [-0.2, -0.15) is 5.11 Å². The van der Waals surface area contributed by atoms with E-state index in [1.165, 1.54) is 16.7 Å². The fourth-order valence-corrected chi connectivity index (χ4v) is 3.07. The third-order valence-electron chi connectivity index (χ3n) is 4.22. The van der Waals surface area contributed by atoms with Crippen molar-refractivity contribution in [1.82, 2.24) is 5.32 Å². The van der Waals surface area contributed by atoms with Crippen LogP contribution in [0.1, 0.15) is 23.6 Å². The van der Waals surface area contributed by atoms with Crippen LogP contribution in [0.4, 0.5) is 0 Å². The maximum absolute atomic E-state index is 6.81. The second kappa shape index (κ2) is 6.28. The van der Waals surface area contributed by atoms with E-state index in [-0.39, 0.29) is 5.54 Å². The summed E-state index contributed by atoms with van der Waals surface area (Å²) >= 11 is 0. The van der Waals surface area contributed by atoms with Crippen molar-refractivity contribution in [2.75, 3.05) is 13.2 Å². The molecule has 2 aromatic carbocycles. The van der Waals surface area contributed by atoms with Gasteiger partial charge in [0.2, 0.25) is 0 Å². The van der Waals surface area contributed by atoms with E-state index in [9.17, 15) is 0 Å². The Morgan fingerprint density at radius 2 is 2.05 bits per heavy atom. The highest BCUT2D eigenvalue weighted by Gasteiger charge is 2.34. The molecular weight excluding hydrogens is 274 g/mol. The summed E-state index contributed by atoms with van der Waals surface area (Å²) in [6.45, 7) is 3.98. The predicted octanol–water partition coefficient (Wildman–Crippen LogP) is 3.66. The molecule has 4 nitrogen and oxygen atoms in total. The number of rotatable bonds is 6. The Kier molecular flexibility index (Phi) is 4.20. The van der Waals surface area contributed by atoms with Crippen molar-refractivity contribution < 1.29 is 4.74 Å². The van der Waals surface area contributed by atoms with Crippen molar-refractivity contribution in [3.63, 3.8) is 0 Å². The molecule has 2 N–H and O–H groups in total. The predicted molar refractivity (Wildman–Crippen MR) is 86.3 cm³/mol. The third-order valence-corrected chi connectivity index (χ3v) is 4.22. The van der Waals surface area contributed by atoms with E-state index in [4.69, 9.17) is 10.3 Å². The fourth-order valence-electron chi connectivity index (χ4n) is 3.07. The Morgan fingerprint density at radius 1 is 1.23 bits per heavy atom. The fraction of sp³-hybridized carbons (Fsp3) is 0.333. The molecular formula is C18H21N3O. The third kappa shape index (κ3) is 3.02. The van der Waals surface area contributed by atoms with E-state index in [0.717, 1.165) is 18.7 Å². The Balaban J connectivity index is 1.82. The lowest BCUT2D eigenvalue weighted by Crippen LogP contribution is -2.35. The Labute approximate surface area is 131 Å². The number of nitrogens with one attached hydrogen (secondary N) is 2. The van der Waals surface area contributed by atoms with Gasteiger partial charge in [-0.25, -0.2) is 5.53 Å². The number of fused-ring (bicyclic) bond motifs is 1. The molecule has 0 saturated carbocycles. The first-order valence-electron chi connectivity index (χ1n) is 7.60. The molecule has 1 aliphatic heterocycles. The quantitative estimate of drug-likeness (QED) is 0.631. The van der Waals surface area contributed by atoms with Crippen molar-refractivity contribution in [3.8, 4) is 5.75 Å². The van der Waals surface area contributed by atoms with Crippen LogP contribution in [0.5, 0.6) is 5.75 Å². The van der Waals surface area contributed by atoms with E-state index in [2.05, 4.69) is 53.8 Å². The van der Waals surface area contributed by atoms with Gasteiger partial charge in [-0.1, -0.05) is 36.4 Å². The van der Waals surface area contributed by atoms with E-state index >= 15 is 0 Å². The van der Waals surface area contributed by atoms with Gasteiger partial charge in [-0.15, -0.1) is 0 Å². The highest BCUT2D eigenvalue weighted by molar-refractivity contribution is 5.44. The molecule has 1 heterocycles. The number of benzene rings is 2. The van der Waals surface area contributed by atoms with E-state index in [1.54, 1.807) is 0 Å². The molecule has 0 radical (unpaired) electrons. The zero-order valence-corrected chi connectivity index (χ0v) is 12.8. The van der Waals surface area contributed by atoms with Crippen LogP contribution in [0.2, 0.25) is 0 Å². The van der Waals surface area contributed by atoms with Crippen LogP contribution in [0, 0.1) is 5.53 Å². The van der Waals surface area contributed by atoms with Crippen LogP contribution < -0.4 is 10.1 Å². The minimum absolute atomic E-state index is 0.0736. The van der Waals surface area contributed by atoms with Crippen molar-refractivity contribution in [3.05, 3.63) is 65.2 Å². The van der Waals surface area contributed by atoms with Gasteiger partial charge in [-0.05, 0) is 42.2 Å². The first kappa shape index (κ1) is 14.7. The Bertz CT molecular complexity index is 657. The lowest BCUT2D eigenvalue weighted by molar-refractivity contribution is 0.323. The maximum atomic E-state index is 6.81. The molecule has 0 spiro atoms. The lowest BCUT2D eigenvalue weighted by Gasteiger charge is -2.26. The first-order chi connectivity index (χ1) is 10.7. The standard InChI is InChI=1S/C18H21N3O/c1-18(12-14-5-3-2-4-6-14)17-11-16(22-10-9-21-19)8-7-15(17)13-20-18/h2-8,11,19-20H,9-10,12-13H2,1H3. The molecule has 1 aliphatic rings. The van der Waals surface area contributed by atoms with E-state index in [1.807, 2.05) is 12.1 Å². The highest BCUT2D eigenvalue weighted by Crippen LogP contribution is 2.36. The van der Waals surface area contributed by atoms with Gasteiger partial charge < -0.3 is 10.1 Å². The SMILES string of the molecule is CC1(Cc2ccccc2)NCc2ccc(OCCN=N)cc21. The summed E-state index contributed by atoms with van der Waals surface area (Å²) in [7, 11) is 0. The second-order valence-corrected chi connectivity index (χ2v) is 5.90. The number of ether oxygens (including phenoxy) is 1. The molecule has 114 valence electrons. The zero-order valence-electron chi connectivity index (χ0n) is 12.8. The summed E-state index contributed by atoms with van der Waals surface area (Å²) in [5.41, 5.74) is 10.7. The van der Waals surface area contributed by atoms with Crippen LogP contribution in [0.3, 0.4) is 0 Å². The summed E-state index contributed by atoms with van der Waals surface area (Å²) in [5, 5.41) is 6.96. The average molecular weight is 295 g/mol. The van der Waals surface area contributed by atoms with Gasteiger partial charge in [0.15, 0.2) is 0 Å². The van der Waals surface area contributed by atoms with Crippen LogP contribution in [0.15, 0.2) is 53.6 Å². The molecule has 0 saturated heterocycles. The second-order valence-electron chi connectivity index (χ2n) is 5.90. The molecule has 0 bridgehead atoms. The number of hydrogen-bond donors (Lipinski definition) is 2. The molecule has 4 heteroatoms. The molecule has 1 unspecified atom stereocenters. The normalized spacial score (nSPS) is 19.7. The first-order valence-corrected chi connectivity index (χ1v) is 7.60. The summed E-state index contributed by atoms with van der Waals surface area (Å²) < 4.78 is 5.67. The topological polar surface area (TPSA) is 57.5 Å². The van der Waals surface area contributed by atoms with Gasteiger partial charge in [0.05, 0.1) is 6.54 Å². The molecule has 0 amide bonds. The van der Waals surface area contributed by atoms with Crippen molar-refractivity contribution in [1.29, 1.82) is 5.53 Å². The van der Waals surface area contributed by atoms with E-state index < -0.39 is 0 Å². The van der Waals surface area contributed by atoms with Crippen LogP contribution in [-0.4, -0.2) is 13.2 Å². The Morgan fingerprint density at radius 3 is 2.82 bits per heavy atom. The van der Waals surface area contributed by atoms with Crippen LogP contribution in [-0.2, 0) is 18.5 Å². The summed E-state index contributed by atoms with van der Waals surface area (Å²) in [6, 6.07) is 16.8. The van der Waals surface area contributed by atoms with Gasteiger partial charge in [0, 0.05) is 12.1 Å². The van der Waals surface area contributed by atoms with E-state index in [0.29, 0.717) is 13.2 Å². The molecule has 2 aromatic rings. The minimum atomic E-state index is -0.0736. The highest BCUT2D eigenvalue weighted by atomic mass is 16.5. The van der Waals surface area contributed by atoms with Gasteiger partial charge in [0.1, 0.15) is 12.4 Å². The monoisotopic (exact) mass is 295 g/mol. The summed E-state index contributed by atoms with van der Waals surface area (Å²) in [4.78, 5) is 0. The summed E-state index contributed by atoms with van der Waals surface area (Å²) in [6.07, 6.45) is 0.951. The average Bonchev–Trinajstić information content (AvgIpc) is 2.85. The molecule has 0 aromatic heterocycles. The van der Waals surface area contributed by atoms with Gasteiger partial charge in [-0.3, -0.25) is 0 Å². The van der Waals surface area contributed by atoms with Gasteiger partial charge >= 0.3 is 0 Å². The molecule has 0 aliphatic carbocycles. The molecule has 22 heavy (non-hydrogen) atoms. The zero-order chi connectivity index (χ0) is 15.4. The van der Waals surface area contributed by atoms with Crippen LogP contribution in [0.25, 0.3) is 0 Å². The lowest BCUT2D eigenvalue weighted by atomic mass is 9.86. The number of nitrogens with zero attached hydrogens (tertiary/aromatic N) is 1. The minimum Gasteiger partial charge on any atom is -0.492 e. The Hall–Kier alpha value is -2.20. The smallest absolute Gasteiger partial charge is 0.119 e. The summed E-state index contributed by atoms with van der Waals surface area (Å²) in [5.74, 6) is 0.852. The largest absolute Gasteiger partial charge is 0.492 e. The molecule has 1 atom stereocenters. The van der Waals surface area contributed by atoms with Crippen LogP contribution >= 0.6 is 0 Å². The van der Waals surface area contributed by atoms with Crippen molar-refractivity contribution >= 4 is 0 Å². The number of hydrogen-bond acceptors (Lipinski definition) is 4. The van der Waals surface area contributed by atoms with Crippen molar-refractivity contribution in [2.24, 2.45) is 5.11 Å².